The summed E-state index contributed by atoms with van der Waals surface area (Å²) in [6.07, 6.45) is -3.13. The van der Waals surface area contributed by atoms with Crippen LogP contribution in [0.3, 0.4) is 0 Å². The van der Waals surface area contributed by atoms with E-state index in [2.05, 4.69) is 0 Å². The van der Waals surface area contributed by atoms with Crippen LogP contribution < -0.4 is 4.74 Å². The van der Waals surface area contributed by atoms with E-state index < -0.39 is 24.4 Å². The first-order chi connectivity index (χ1) is 12.5. The Balaban J connectivity index is 1.78. The average molecular weight is 358 g/mol. The maximum atomic E-state index is 11.3. The molecule has 2 aromatic carbocycles. The fourth-order valence-corrected chi connectivity index (χ4v) is 3.00. The zero-order valence-electron chi connectivity index (χ0n) is 14.4. The molecule has 1 aliphatic heterocycles. The number of carbonyl (C=O) groups excluding carboxylic acids is 1. The van der Waals surface area contributed by atoms with E-state index in [0.717, 1.165) is 0 Å². The second-order valence-corrected chi connectivity index (χ2v) is 6.41. The van der Waals surface area contributed by atoms with E-state index in [1.807, 2.05) is 0 Å². The van der Waals surface area contributed by atoms with Crippen molar-refractivity contribution in [3.8, 4) is 11.5 Å². The molecule has 4 atom stereocenters. The van der Waals surface area contributed by atoms with Crippen LogP contribution in [0, 0.1) is 0 Å². The van der Waals surface area contributed by atoms with E-state index in [0.29, 0.717) is 22.6 Å². The first-order valence-electron chi connectivity index (χ1n) is 8.49. The van der Waals surface area contributed by atoms with Crippen LogP contribution in [0.1, 0.15) is 35.4 Å². The van der Waals surface area contributed by atoms with E-state index in [-0.39, 0.29) is 18.8 Å². The van der Waals surface area contributed by atoms with Crippen molar-refractivity contribution in [2.75, 3.05) is 6.61 Å². The molecule has 26 heavy (non-hydrogen) atoms. The lowest BCUT2D eigenvalue weighted by Crippen LogP contribution is -2.44. The zero-order valence-corrected chi connectivity index (χ0v) is 14.4. The Morgan fingerprint density at radius 3 is 2.54 bits per heavy atom. The lowest BCUT2D eigenvalue weighted by Gasteiger charge is -2.36. The smallest absolute Gasteiger partial charge is 0.159 e. The molecular formula is C20H22O6. The first-order valence-corrected chi connectivity index (χ1v) is 8.49. The quantitative estimate of drug-likeness (QED) is 0.710. The minimum Gasteiger partial charge on any atom is -0.457 e. The second-order valence-electron chi connectivity index (χ2n) is 6.41. The summed E-state index contributed by atoms with van der Waals surface area (Å²) in [7, 11) is 0. The third-order valence-electron chi connectivity index (χ3n) is 4.43. The molecule has 0 bridgehead atoms. The van der Waals surface area contributed by atoms with Gasteiger partial charge in [0.25, 0.3) is 0 Å². The van der Waals surface area contributed by atoms with Gasteiger partial charge in [0.05, 0.1) is 18.8 Å². The maximum absolute atomic E-state index is 11.3. The SMILES string of the molecule is CC(=O)c1ccc(Oc2cccc([C@H]3OC(CO)CC(O)C3O)c2)cc1. The predicted octanol–water partition coefficient (Wildman–Crippen LogP) is 2.23. The first kappa shape index (κ1) is 18.5. The summed E-state index contributed by atoms with van der Waals surface area (Å²) >= 11 is 0. The van der Waals surface area contributed by atoms with Crippen LogP contribution in [0.4, 0.5) is 0 Å². The van der Waals surface area contributed by atoms with Crippen molar-refractivity contribution in [1.29, 1.82) is 0 Å². The van der Waals surface area contributed by atoms with Crippen LogP contribution >= 0.6 is 0 Å². The Hall–Kier alpha value is -2.25. The molecule has 0 aliphatic carbocycles. The van der Waals surface area contributed by atoms with Gasteiger partial charge in [-0.15, -0.1) is 0 Å². The molecule has 0 saturated carbocycles. The van der Waals surface area contributed by atoms with Gasteiger partial charge in [-0.25, -0.2) is 0 Å². The molecular weight excluding hydrogens is 336 g/mol. The van der Waals surface area contributed by atoms with Crippen LogP contribution in [-0.4, -0.2) is 46.0 Å². The number of ketones is 1. The van der Waals surface area contributed by atoms with E-state index in [9.17, 15) is 20.1 Å². The highest BCUT2D eigenvalue weighted by molar-refractivity contribution is 5.94. The molecule has 6 nitrogen and oxygen atoms in total. The summed E-state index contributed by atoms with van der Waals surface area (Å²) in [5.74, 6) is 1.10. The molecule has 1 aliphatic rings. The number of benzene rings is 2. The Morgan fingerprint density at radius 1 is 1.15 bits per heavy atom. The van der Waals surface area contributed by atoms with Crippen LogP contribution in [0.2, 0.25) is 0 Å². The van der Waals surface area contributed by atoms with E-state index in [1.165, 1.54) is 6.92 Å². The van der Waals surface area contributed by atoms with Crippen LogP contribution in [0.25, 0.3) is 0 Å². The van der Waals surface area contributed by atoms with Crippen molar-refractivity contribution in [2.24, 2.45) is 0 Å². The molecule has 3 unspecified atom stereocenters. The average Bonchev–Trinajstić information content (AvgIpc) is 2.64. The molecule has 1 saturated heterocycles. The molecule has 1 fully saturated rings. The second kappa shape index (κ2) is 7.97. The third-order valence-corrected chi connectivity index (χ3v) is 4.43. The van der Waals surface area contributed by atoms with Gasteiger partial charge in [0, 0.05) is 12.0 Å². The van der Waals surface area contributed by atoms with E-state index in [4.69, 9.17) is 9.47 Å². The lowest BCUT2D eigenvalue weighted by molar-refractivity contribution is -0.179. The Kier molecular flexibility index (Phi) is 5.68. The largest absolute Gasteiger partial charge is 0.457 e. The highest BCUT2D eigenvalue weighted by atomic mass is 16.5. The van der Waals surface area contributed by atoms with Gasteiger partial charge in [0.15, 0.2) is 5.78 Å². The maximum Gasteiger partial charge on any atom is 0.159 e. The number of carbonyl (C=O) groups is 1. The number of rotatable bonds is 5. The number of aliphatic hydroxyl groups is 3. The topological polar surface area (TPSA) is 96.2 Å². The van der Waals surface area contributed by atoms with Gasteiger partial charge >= 0.3 is 0 Å². The third kappa shape index (κ3) is 4.11. The Bertz CT molecular complexity index is 757. The monoisotopic (exact) mass is 358 g/mol. The summed E-state index contributed by atoms with van der Waals surface area (Å²) in [5, 5.41) is 29.5. The highest BCUT2D eigenvalue weighted by Crippen LogP contribution is 2.34. The number of hydrogen-bond donors (Lipinski definition) is 3. The molecule has 6 heteroatoms. The van der Waals surface area contributed by atoms with Gasteiger partial charge in [-0.1, -0.05) is 12.1 Å². The molecule has 0 amide bonds. The van der Waals surface area contributed by atoms with Crippen LogP contribution in [0.15, 0.2) is 48.5 Å². The van der Waals surface area contributed by atoms with Gasteiger partial charge in [-0.05, 0) is 48.9 Å². The van der Waals surface area contributed by atoms with Gasteiger partial charge in [0.1, 0.15) is 23.7 Å². The lowest BCUT2D eigenvalue weighted by atomic mass is 9.93. The van der Waals surface area contributed by atoms with Crippen LogP contribution in [-0.2, 0) is 4.74 Å². The fourth-order valence-electron chi connectivity index (χ4n) is 3.00. The number of hydrogen-bond acceptors (Lipinski definition) is 6. The highest BCUT2D eigenvalue weighted by Gasteiger charge is 2.37. The van der Waals surface area contributed by atoms with Crippen molar-refractivity contribution < 1.29 is 29.6 Å². The molecule has 1 heterocycles. The number of aliphatic hydroxyl groups excluding tert-OH is 3. The normalized spacial score (nSPS) is 25.7. The van der Waals surface area contributed by atoms with Crippen molar-refractivity contribution in [2.45, 2.75) is 37.8 Å². The fraction of sp³-hybridized carbons (Fsp3) is 0.350. The number of ether oxygens (including phenoxy) is 2. The van der Waals surface area contributed by atoms with Gasteiger partial charge in [-0.3, -0.25) is 4.79 Å². The molecule has 138 valence electrons. The molecule has 3 N–H and O–H groups in total. The predicted molar refractivity (Wildman–Crippen MR) is 94.3 cm³/mol. The minimum atomic E-state index is -1.08. The number of Topliss-reactive ketones (excluding diaryl/α,β-unsaturated/α-hetero) is 1. The van der Waals surface area contributed by atoms with E-state index >= 15 is 0 Å². The molecule has 2 aromatic rings. The summed E-state index contributed by atoms with van der Waals surface area (Å²) in [6, 6.07) is 13.8. The summed E-state index contributed by atoms with van der Waals surface area (Å²) in [5.41, 5.74) is 1.25. The van der Waals surface area contributed by atoms with Gasteiger partial charge in [-0.2, -0.15) is 0 Å². The van der Waals surface area contributed by atoms with Crippen LogP contribution in [0.5, 0.6) is 11.5 Å². The Morgan fingerprint density at radius 2 is 1.88 bits per heavy atom. The standard InChI is InChI=1S/C20H22O6/c1-12(22)13-5-7-15(8-6-13)25-16-4-2-3-14(9-16)20-19(24)18(23)10-17(11-21)26-20/h2-9,17-21,23-24H,10-11H2,1H3/t17?,18?,19?,20-/m1/s1. The van der Waals surface area contributed by atoms with E-state index in [1.54, 1.807) is 48.5 Å². The van der Waals surface area contributed by atoms with Gasteiger partial charge < -0.3 is 24.8 Å². The zero-order chi connectivity index (χ0) is 18.7. The van der Waals surface area contributed by atoms with Crippen molar-refractivity contribution in [3.05, 3.63) is 59.7 Å². The summed E-state index contributed by atoms with van der Waals surface area (Å²) < 4.78 is 11.5. The summed E-state index contributed by atoms with van der Waals surface area (Å²) in [6.45, 7) is 1.28. The van der Waals surface area contributed by atoms with Gasteiger partial charge in [0.2, 0.25) is 0 Å². The summed E-state index contributed by atoms with van der Waals surface area (Å²) in [4.78, 5) is 11.3. The molecule has 0 radical (unpaired) electrons. The minimum absolute atomic E-state index is 0.0148. The van der Waals surface area contributed by atoms with Crippen molar-refractivity contribution in [3.63, 3.8) is 0 Å². The van der Waals surface area contributed by atoms with Crippen molar-refractivity contribution >= 4 is 5.78 Å². The molecule has 0 aromatic heterocycles. The van der Waals surface area contributed by atoms with Crippen molar-refractivity contribution in [1.82, 2.24) is 0 Å². The molecule has 0 spiro atoms. The Labute approximate surface area is 151 Å². The molecule has 3 rings (SSSR count).